The summed E-state index contributed by atoms with van der Waals surface area (Å²) in [7, 11) is 1.47. The highest BCUT2D eigenvalue weighted by Crippen LogP contribution is 2.29. The fourth-order valence-corrected chi connectivity index (χ4v) is 2.01. The fraction of sp³-hybridized carbons (Fsp3) is 0.167. The van der Waals surface area contributed by atoms with Gasteiger partial charge in [-0.05, 0) is 12.1 Å². The number of rotatable bonds is 4. The van der Waals surface area contributed by atoms with E-state index in [9.17, 15) is 8.78 Å². The number of methoxy groups -OCH3 is 1. The second-order valence-electron chi connectivity index (χ2n) is 3.68. The van der Waals surface area contributed by atoms with Gasteiger partial charge in [0.2, 0.25) is 11.7 Å². The van der Waals surface area contributed by atoms with Crippen LogP contribution in [0.4, 0.5) is 8.78 Å². The molecule has 1 aromatic carbocycles. The Morgan fingerprint density at radius 1 is 1.25 bits per heavy atom. The van der Waals surface area contributed by atoms with E-state index in [1.165, 1.54) is 19.2 Å². The number of halogens is 4. The van der Waals surface area contributed by atoms with Gasteiger partial charge in [0.1, 0.15) is 11.8 Å². The van der Waals surface area contributed by atoms with Gasteiger partial charge in [0.15, 0.2) is 17.4 Å². The van der Waals surface area contributed by atoms with Gasteiger partial charge in [-0.3, -0.25) is 0 Å². The Morgan fingerprint density at radius 3 is 2.70 bits per heavy atom. The summed E-state index contributed by atoms with van der Waals surface area (Å²) in [6.45, 7) is 0.117. The van der Waals surface area contributed by atoms with E-state index in [0.29, 0.717) is 4.47 Å². The molecule has 106 valence electrons. The van der Waals surface area contributed by atoms with Crippen molar-refractivity contribution in [3.05, 3.63) is 45.3 Å². The van der Waals surface area contributed by atoms with Gasteiger partial charge in [0.25, 0.3) is 0 Å². The Balaban J connectivity index is 2.34. The molecule has 0 atom stereocenters. The predicted octanol–water partition coefficient (Wildman–Crippen LogP) is 4.11. The molecule has 0 bridgehead atoms. The van der Waals surface area contributed by atoms with Gasteiger partial charge in [-0.1, -0.05) is 27.5 Å². The number of ether oxygens (including phenoxy) is 2. The van der Waals surface area contributed by atoms with Crippen molar-refractivity contribution in [2.24, 2.45) is 0 Å². The van der Waals surface area contributed by atoms with E-state index in [1.807, 2.05) is 0 Å². The smallest absolute Gasteiger partial charge is 0.224 e. The topological polar surface area (TPSA) is 44.2 Å². The van der Waals surface area contributed by atoms with Crippen LogP contribution in [-0.4, -0.2) is 17.1 Å². The summed E-state index contributed by atoms with van der Waals surface area (Å²) >= 11 is 8.84. The Morgan fingerprint density at radius 2 is 2.00 bits per heavy atom. The molecule has 0 amide bonds. The van der Waals surface area contributed by atoms with Gasteiger partial charge in [0, 0.05) is 17.6 Å². The summed E-state index contributed by atoms with van der Waals surface area (Å²) in [5, 5.41) is 0.109. The average molecular weight is 366 g/mol. The van der Waals surface area contributed by atoms with E-state index in [1.54, 1.807) is 0 Å². The molecule has 0 aliphatic rings. The first-order chi connectivity index (χ1) is 9.49. The number of hydrogen-bond donors (Lipinski definition) is 0. The minimum atomic E-state index is -1.11. The van der Waals surface area contributed by atoms with Crippen LogP contribution in [0, 0.1) is 11.6 Å². The van der Waals surface area contributed by atoms with E-state index >= 15 is 0 Å². The highest BCUT2D eigenvalue weighted by molar-refractivity contribution is 9.10. The van der Waals surface area contributed by atoms with Crippen LogP contribution in [0.5, 0.6) is 11.6 Å². The maximum absolute atomic E-state index is 13.6. The van der Waals surface area contributed by atoms with Crippen molar-refractivity contribution in [3.63, 3.8) is 0 Å². The third-order valence-corrected chi connectivity index (χ3v) is 2.82. The Labute approximate surface area is 126 Å². The van der Waals surface area contributed by atoms with Gasteiger partial charge in [0.05, 0.1) is 0 Å². The van der Waals surface area contributed by atoms with Gasteiger partial charge in [-0.2, -0.15) is 9.37 Å². The van der Waals surface area contributed by atoms with E-state index in [-0.39, 0.29) is 29.2 Å². The first kappa shape index (κ1) is 15.1. The molecule has 8 heteroatoms. The van der Waals surface area contributed by atoms with Crippen LogP contribution in [0.25, 0.3) is 0 Å². The van der Waals surface area contributed by atoms with E-state index < -0.39 is 11.6 Å². The molecule has 4 nitrogen and oxygen atoms in total. The van der Waals surface area contributed by atoms with Gasteiger partial charge >= 0.3 is 0 Å². The first-order valence-electron chi connectivity index (χ1n) is 5.34. The molecule has 20 heavy (non-hydrogen) atoms. The molecule has 0 saturated heterocycles. The minimum Gasteiger partial charge on any atom is -0.436 e. The van der Waals surface area contributed by atoms with E-state index in [0.717, 1.165) is 6.07 Å². The Hall–Kier alpha value is -1.31. The van der Waals surface area contributed by atoms with Crippen LogP contribution in [0.2, 0.25) is 5.15 Å². The van der Waals surface area contributed by atoms with Crippen LogP contribution >= 0.6 is 27.5 Å². The van der Waals surface area contributed by atoms with Crippen molar-refractivity contribution < 1.29 is 18.3 Å². The molecule has 1 aromatic heterocycles. The van der Waals surface area contributed by atoms with E-state index in [2.05, 4.69) is 25.9 Å². The van der Waals surface area contributed by atoms with Crippen LogP contribution < -0.4 is 4.74 Å². The molecule has 0 saturated carbocycles. The number of nitrogens with zero attached hydrogens (tertiary/aromatic N) is 2. The second-order valence-corrected chi connectivity index (χ2v) is 4.98. The number of hydrogen-bond acceptors (Lipinski definition) is 4. The van der Waals surface area contributed by atoms with Crippen LogP contribution in [0.1, 0.15) is 5.82 Å². The van der Waals surface area contributed by atoms with Crippen molar-refractivity contribution in [2.75, 3.05) is 7.11 Å². The molecule has 2 aromatic rings. The van der Waals surface area contributed by atoms with Gasteiger partial charge in [-0.25, -0.2) is 9.37 Å². The first-order valence-corrected chi connectivity index (χ1v) is 6.51. The largest absolute Gasteiger partial charge is 0.436 e. The Bertz CT molecular complexity index is 643. The van der Waals surface area contributed by atoms with Crippen LogP contribution in [0.15, 0.2) is 22.7 Å². The van der Waals surface area contributed by atoms with Gasteiger partial charge < -0.3 is 9.47 Å². The second kappa shape index (κ2) is 6.43. The Kier molecular flexibility index (Phi) is 4.85. The highest BCUT2D eigenvalue weighted by atomic mass is 79.9. The number of benzene rings is 1. The maximum atomic E-state index is 13.6. The molecular weight excluding hydrogens is 357 g/mol. The lowest BCUT2D eigenvalue weighted by molar-refractivity contribution is 0.177. The zero-order chi connectivity index (χ0) is 14.7. The summed E-state index contributed by atoms with van der Waals surface area (Å²) in [6, 6.07) is 3.56. The molecule has 2 rings (SSSR count). The molecule has 0 fully saturated rings. The normalized spacial score (nSPS) is 10.7. The summed E-state index contributed by atoms with van der Waals surface area (Å²) < 4.78 is 37.3. The summed E-state index contributed by atoms with van der Waals surface area (Å²) in [5.41, 5.74) is 0. The van der Waals surface area contributed by atoms with Crippen LogP contribution in [0.3, 0.4) is 0 Å². The zero-order valence-corrected chi connectivity index (χ0v) is 12.5. The average Bonchev–Trinajstić information content (AvgIpc) is 2.35. The molecule has 0 aliphatic heterocycles. The maximum Gasteiger partial charge on any atom is 0.224 e. The molecule has 0 N–H and O–H groups in total. The SMILES string of the molecule is COCc1nc(Cl)cc(Oc2cc(Br)cc(F)c2F)n1. The quantitative estimate of drug-likeness (QED) is 0.604. The number of aromatic nitrogens is 2. The van der Waals surface area contributed by atoms with E-state index in [4.69, 9.17) is 21.1 Å². The van der Waals surface area contributed by atoms with Crippen molar-refractivity contribution in [2.45, 2.75) is 6.61 Å². The third-order valence-electron chi connectivity index (χ3n) is 2.17. The molecule has 0 radical (unpaired) electrons. The molecule has 1 heterocycles. The molecule has 0 spiro atoms. The zero-order valence-electron chi connectivity index (χ0n) is 10.2. The summed E-state index contributed by atoms with van der Waals surface area (Å²) in [5.74, 6) is -2.20. The third kappa shape index (κ3) is 3.62. The molecule has 0 aliphatic carbocycles. The predicted molar refractivity (Wildman–Crippen MR) is 71.9 cm³/mol. The monoisotopic (exact) mass is 364 g/mol. The van der Waals surface area contributed by atoms with Crippen LogP contribution in [-0.2, 0) is 11.3 Å². The highest BCUT2D eigenvalue weighted by Gasteiger charge is 2.14. The molecule has 0 unspecified atom stereocenters. The van der Waals surface area contributed by atoms with Gasteiger partial charge in [-0.15, -0.1) is 0 Å². The molecular formula is C12H8BrClF2N2O2. The van der Waals surface area contributed by atoms with Crippen molar-refractivity contribution in [1.82, 2.24) is 9.97 Å². The standard InChI is InChI=1S/C12H8BrClF2N2O2/c1-19-5-10-17-9(14)4-11(18-10)20-8-3-6(13)2-7(15)12(8)16/h2-4H,5H2,1H3. The summed E-state index contributed by atoms with van der Waals surface area (Å²) in [4.78, 5) is 7.87. The minimum absolute atomic E-state index is 0.00606. The van der Waals surface area contributed by atoms with Crippen molar-refractivity contribution in [3.8, 4) is 11.6 Å². The lowest BCUT2D eigenvalue weighted by atomic mass is 10.3. The van der Waals surface area contributed by atoms with Crippen molar-refractivity contribution in [1.29, 1.82) is 0 Å². The fourth-order valence-electron chi connectivity index (χ4n) is 1.41. The lowest BCUT2D eigenvalue weighted by Crippen LogP contribution is -2.00. The van der Waals surface area contributed by atoms with Crippen molar-refractivity contribution >= 4 is 27.5 Å². The summed E-state index contributed by atoms with van der Waals surface area (Å²) in [6.07, 6.45) is 0. The lowest BCUT2D eigenvalue weighted by Gasteiger charge is -2.08.